The maximum Gasteiger partial charge on any atom is 0.343 e. The lowest BCUT2D eigenvalue weighted by Gasteiger charge is -2.17. The molecule has 1 heterocycles. The molecule has 1 aromatic heterocycles. The van der Waals surface area contributed by atoms with E-state index < -0.39 is 18.4 Å². The molecule has 0 bridgehead atoms. The lowest BCUT2D eigenvalue weighted by molar-refractivity contribution is -0.125. The minimum atomic E-state index is -0.742. The van der Waals surface area contributed by atoms with Crippen molar-refractivity contribution in [1.82, 2.24) is 15.1 Å². The molecular formula is C18H21ClFN3O3. The van der Waals surface area contributed by atoms with Gasteiger partial charge in [0, 0.05) is 6.04 Å². The predicted molar refractivity (Wildman–Crippen MR) is 96.0 cm³/mol. The van der Waals surface area contributed by atoms with Gasteiger partial charge in [0.15, 0.2) is 6.61 Å². The van der Waals surface area contributed by atoms with Gasteiger partial charge in [0.2, 0.25) is 0 Å². The minimum Gasteiger partial charge on any atom is -0.452 e. The van der Waals surface area contributed by atoms with Crippen LogP contribution in [0.5, 0.6) is 0 Å². The fraction of sp³-hybridized carbons (Fsp3) is 0.389. The Morgan fingerprint density at radius 3 is 2.46 bits per heavy atom. The fourth-order valence-electron chi connectivity index (χ4n) is 2.15. The monoisotopic (exact) mass is 381 g/mol. The smallest absolute Gasteiger partial charge is 0.343 e. The van der Waals surface area contributed by atoms with Gasteiger partial charge in [-0.1, -0.05) is 25.4 Å². The summed E-state index contributed by atoms with van der Waals surface area (Å²) in [4.78, 5) is 24.2. The highest BCUT2D eigenvalue weighted by Crippen LogP contribution is 2.24. The van der Waals surface area contributed by atoms with E-state index in [0.717, 1.165) is 0 Å². The number of carbonyl (C=O) groups excluding carboxylic acids is 2. The molecule has 0 radical (unpaired) electrons. The highest BCUT2D eigenvalue weighted by Gasteiger charge is 2.23. The number of hydrogen-bond donors (Lipinski definition) is 1. The minimum absolute atomic E-state index is 0.0345. The Hall–Kier alpha value is -2.41. The number of aryl methyl sites for hydroxylation is 1. The molecular weight excluding hydrogens is 361 g/mol. The van der Waals surface area contributed by atoms with Crippen LogP contribution in [-0.4, -0.2) is 34.3 Å². The van der Waals surface area contributed by atoms with Crippen LogP contribution < -0.4 is 5.32 Å². The van der Waals surface area contributed by atoms with E-state index in [1.807, 2.05) is 20.8 Å². The van der Waals surface area contributed by atoms with Gasteiger partial charge in [-0.25, -0.2) is 13.9 Å². The number of benzene rings is 1. The van der Waals surface area contributed by atoms with Gasteiger partial charge in [0.05, 0.1) is 11.4 Å². The summed E-state index contributed by atoms with van der Waals surface area (Å²) in [6.07, 6.45) is 0. The number of nitrogens with one attached hydrogen (secondary N) is 1. The average Bonchev–Trinajstić information content (AvgIpc) is 2.88. The van der Waals surface area contributed by atoms with Crippen LogP contribution in [0, 0.1) is 18.7 Å². The van der Waals surface area contributed by atoms with E-state index >= 15 is 0 Å². The van der Waals surface area contributed by atoms with Crippen LogP contribution >= 0.6 is 11.6 Å². The third kappa shape index (κ3) is 4.60. The highest BCUT2D eigenvalue weighted by atomic mass is 35.5. The van der Waals surface area contributed by atoms with Crippen LogP contribution in [-0.2, 0) is 9.53 Å². The average molecular weight is 382 g/mol. The topological polar surface area (TPSA) is 73.2 Å². The molecule has 8 heteroatoms. The Labute approximate surface area is 156 Å². The first-order valence-corrected chi connectivity index (χ1v) is 8.56. The van der Waals surface area contributed by atoms with Crippen LogP contribution in [0.1, 0.15) is 36.8 Å². The summed E-state index contributed by atoms with van der Waals surface area (Å²) in [7, 11) is 0. The molecule has 2 rings (SSSR count). The van der Waals surface area contributed by atoms with Gasteiger partial charge in [0.1, 0.15) is 16.5 Å². The van der Waals surface area contributed by atoms with Gasteiger partial charge >= 0.3 is 5.97 Å². The maximum atomic E-state index is 13.1. The van der Waals surface area contributed by atoms with E-state index in [2.05, 4.69) is 10.4 Å². The van der Waals surface area contributed by atoms with E-state index in [-0.39, 0.29) is 28.6 Å². The largest absolute Gasteiger partial charge is 0.452 e. The summed E-state index contributed by atoms with van der Waals surface area (Å²) in [5.74, 6) is -1.26. The molecule has 0 aliphatic heterocycles. The van der Waals surface area contributed by atoms with Gasteiger partial charge in [-0.05, 0) is 44.0 Å². The normalized spacial score (nSPS) is 12.1. The van der Waals surface area contributed by atoms with E-state index in [1.165, 1.54) is 28.9 Å². The first-order chi connectivity index (χ1) is 12.2. The number of aromatic nitrogens is 2. The quantitative estimate of drug-likeness (QED) is 0.779. The summed E-state index contributed by atoms with van der Waals surface area (Å²) in [6.45, 7) is 7.02. The molecule has 1 N–H and O–H groups in total. The highest BCUT2D eigenvalue weighted by molar-refractivity contribution is 6.33. The summed E-state index contributed by atoms with van der Waals surface area (Å²) < 4.78 is 19.4. The van der Waals surface area contributed by atoms with Crippen LogP contribution in [0.2, 0.25) is 5.15 Å². The fourth-order valence-corrected chi connectivity index (χ4v) is 2.50. The molecule has 1 amide bonds. The Morgan fingerprint density at radius 1 is 1.27 bits per heavy atom. The SMILES string of the molecule is Cc1nn(-c2ccc(F)cc2)c(Cl)c1C(=O)OCC(=O)N[C@H](C)C(C)C. The Bertz CT molecular complexity index is 803. The Balaban J connectivity index is 2.10. The third-order valence-corrected chi connectivity index (χ3v) is 4.35. The van der Waals surface area contributed by atoms with E-state index in [4.69, 9.17) is 16.3 Å². The standard InChI is InChI=1S/C18H21ClFN3O3/c1-10(2)11(3)21-15(24)9-26-18(25)16-12(4)22-23(17(16)19)14-7-5-13(20)6-8-14/h5-8,10-11H,9H2,1-4H3,(H,21,24)/t11-/m1/s1. The van der Waals surface area contributed by atoms with Gasteiger partial charge in [-0.2, -0.15) is 5.10 Å². The summed E-state index contributed by atoms with van der Waals surface area (Å²) >= 11 is 6.25. The number of halogens is 2. The van der Waals surface area contributed by atoms with Crippen molar-refractivity contribution in [2.75, 3.05) is 6.61 Å². The van der Waals surface area contributed by atoms with E-state index in [1.54, 1.807) is 6.92 Å². The van der Waals surface area contributed by atoms with E-state index in [0.29, 0.717) is 11.4 Å². The van der Waals surface area contributed by atoms with E-state index in [9.17, 15) is 14.0 Å². The Morgan fingerprint density at radius 2 is 1.88 bits per heavy atom. The second kappa shape index (κ2) is 8.31. The van der Waals surface area contributed by atoms with Gasteiger partial charge < -0.3 is 10.1 Å². The number of esters is 1. The van der Waals surface area contributed by atoms with Gasteiger partial charge in [-0.15, -0.1) is 0 Å². The molecule has 26 heavy (non-hydrogen) atoms. The molecule has 1 aromatic carbocycles. The number of carbonyl (C=O) groups is 2. The predicted octanol–water partition coefficient (Wildman–Crippen LogP) is 3.29. The molecule has 0 unspecified atom stereocenters. The van der Waals surface area contributed by atoms with Crippen molar-refractivity contribution < 1.29 is 18.7 Å². The van der Waals surface area contributed by atoms with Crippen molar-refractivity contribution in [3.8, 4) is 5.69 Å². The van der Waals surface area contributed by atoms with Crippen LogP contribution in [0.3, 0.4) is 0 Å². The first-order valence-electron chi connectivity index (χ1n) is 8.18. The number of ether oxygens (including phenoxy) is 1. The Kier molecular flexibility index (Phi) is 6.37. The molecule has 2 aromatic rings. The lowest BCUT2D eigenvalue weighted by Crippen LogP contribution is -2.38. The summed E-state index contributed by atoms with van der Waals surface area (Å²) in [5, 5.41) is 6.97. The second-order valence-corrected chi connectivity index (χ2v) is 6.67. The number of amides is 1. The first kappa shape index (κ1) is 19.9. The molecule has 0 aliphatic rings. The molecule has 0 saturated carbocycles. The van der Waals surface area contributed by atoms with Crippen LogP contribution in [0.25, 0.3) is 5.69 Å². The molecule has 0 fully saturated rings. The van der Waals surface area contributed by atoms with Crippen LogP contribution in [0.15, 0.2) is 24.3 Å². The lowest BCUT2D eigenvalue weighted by atomic mass is 10.1. The third-order valence-electron chi connectivity index (χ3n) is 4.00. The molecule has 6 nitrogen and oxygen atoms in total. The van der Waals surface area contributed by atoms with Gasteiger partial charge in [0.25, 0.3) is 5.91 Å². The summed E-state index contributed by atoms with van der Waals surface area (Å²) in [5.41, 5.74) is 0.919. The number of nitrogens with zero attached hydrogens (tertiary/aromatic N) is 2. The molecule has 0 aliphatic carbocycles. The number of rotatable bonds is 6. The van der Waals surface area contributed by atoms with Crippen molar-refractivity contribution in [3.05, 3.63) is 46.5 Å². The van der Waals surface area contributed by atoms with Crippen molar-refractivity contribution in [2.45, 2.75) is 33.7 Å². The zero-order valence-corrected chi connectivity index (χ0v) is 15.8. The number of hydrogen-bond acceptors (Lipinski definition) is 4. The van der Waals surface area contributed by atoms with Gasteiger partial charge in [-0.3, -0.25) is 4.79 Å². The molecule has 1 atom stereocenters. The summed E-state index contributed by atoms with van der Waals surface area (Å²) in [6, 6.07) is 5.47. The van der Waals surface area contributed by atoms with Crippen molar-refractivity contribution in [3.63, 3.8) is 0 Å². The molecule has 0 spiro atoms. The molecule has 0 saturated heterocycles. The molecule has 140 valence electrons. The van der Waals surface area contributed by atoms with Crippen molar-refractivity contribution in [2.24, 2.45) is 5.92 Å². The van der Waals surface area contributed by atoms with Crippen molar-refractivity contribution >= 4 is 23.5 Å². The maximum absolute atomic E-state index is 13.1. The van der Waals surface area contributed by atoms with Crippen LogP contribution in [0.4, 0.5) is 4.39 Å². The van der Waals surface area contributed by atoms with Crippen molar-refractivity contribution in [1.29, 1.82) is 0 Å². The zero-order chi connectivity index (χ0) is 19.4. The second-order valence-electron chi connectivity index (χ2n) is 6.32. The zero-order valence-electron chi connectivity index (χ0n) is 15.0.